The second-order valence-electron chi connectivity index (χ2n) is 5.02. The minimum absolute atomic E-state index is 0.0621. The molecule has 0 aliphatic heterocycles. The highest BCUT2D eigenvalue weighted by molar-refractivity contribution is 5.98. The van der Waals surface area contributed by atoms with Gasteiger partial charge in [-0.15, -0.1) is 0 Å². The summed E-state index contributed by atoms with van der Waals surface area (Å²) in [5, 5.41) is 1.52. The van der Waals surface area contributed by atoms with E-state index in [1.807, 2.05) is 42.5 Å². The SMILES string of the molecule is CC(C(=O)c1ccccc1)n1ccc2ccccc2c1=O. The molecule has 3 heteroatoms. The lowest BCUT2D eigenvalue weighted by Crippen LogP contribution is -2.27. The highest BCUT2D eigenvalue weighted by Gasteiger charge is 2.18. The molecule has 0 radical (unpaired) electrons. The molecule has 0 amide bonds. The number of hydrogen-bond donors (Lipinski definition) is 0. The zero-order valence-corrected chi connectivity index (χ0v) is 11.7. The Morgan fingerprint density at radius 1 is 0.952 bits per heavy atom. The van der Waals surface area contributed by atoms with E-state index in [1.165, 1.54) is 4.57 Å². The maximum Gasteiger partial charge on any atom is 0.259 e. The van der Waals surface area contributed by atoms with E-state index in [0.29, 0.717) is 10.9 Å². The first-order valence-corrected chi connectivity index (χ1v) is 6.87. The van der Waals surface area contributed by atoms with E-state index in [-0.39, 0.29) is 11.3 Å². The monoisotopic (exact) mass is 277 g/mol. The number of benzene rings is 2. The molecule has 21 heavy (non-hydrogen) atoms. The number of carbonyl (C=O) groups is 1. The van der Waals surface area contributed by atoms with Gasteiger partial charge in [0.25, 0.3) is 5.56 Å². The average molecular weight is 277 g/mol. The van der Waals surface area contributed by atoms with Gasteiger partial charge in [-0.3, -0.25) is 9.59 Å². The van der Waals surface area contributed by atoms with Crippen LogP contribution in [0.1, 0.15) is 23.3 Å². The van der Waals surface area contributed by atoms with Gasteiger partial charge in [0, 0.05) is 17.1 Å². The van der Waals surface area contributed by atoms with Gasteiger partial charge in [0.2, 0.25) is 0 Å². The number of ketones is 1. The molecule has 0 saturated heterocycles. The van der Waals surface area contributed by atoms with Crippen LogP contribution in [0.5, 0.6) is 0 Å². The molecule has 0 N–H and O–H groups in total. The quantitative estimate of drug-likeness (QED) is 0.688. The summed E-state index contributed by atoms with van der Waals surface area (Å²) in [7, 11) is 0. The Bertz CT molecular complexity index is 850. The van der Waals surface area contributed by atoms with Gasteiger partial charge in [-0.1, -0.05) is 48.5 Å². The highest BCUT2D eigenvalue weighted by Crippen LogP contribution is 2.15. The summed E-state index contributed by atoms with van der Waals surface area (Å²) in [6, 6.07) is 17.8. The van der Waals surface area contributed by atoms with Crippen LogP contribution in [0.3, 0.4) is 0 Å². The van der Waals surface area contributed by atoms with Crippen molar-refractivity contribution in [2.75, 3.05) is 0 Å². The summed E-state index contributed by atoms with van der Waals surface area (Å²) < 4.78 is 1.50. The van der Waals surface area contributed by atoms with Crippen LogP contribution in [-0.2, 0) is 0 Å². The minimum atomic E-state index is -0.524. The van der Waals surface area contributed by atoms with E-state index in [1.54, 1.807) is 31.3 Å². The second-order valence-corrected chi connectivity index (χ2v) is 5.02. The van der Waals surface area contributed by atoms with Crippen LogP contribution in [0, 0.1) is 0 Å². The van der Waals surface area contributed by atoms with Crippen molar-refractivity contribution in [3.63, 3.8) is 0 Å². The van der Waals surface area contributed by atoms with E-state index in [2.05, 4.69) is 0 Å². The molecule has 1 atom stereocenters. The van der Waals surface area contributed by atoms with Crippen LogP contribution in [-0.4, -0.2) is 10.4 Å². The largest absolute Gasteiger partial charge is 0.304 e. The molecule has 3 rings (SSSR count). The number of Topliss-reactive ketones (excluding diaryl/α,β-unsaturated/α-hetero) is 1. The molecule has 1 heterocycles. The van der Waals surface area contributed by atoms with E-state index in [0.717, 1.165) is 5.39 Å². The third kappa shape index (κ3) is 2.38. The molecular weight excluding hydrogens is 262 g/mol. The maximum atomic E-state index is 12.5. The molecule has 0 bridgehead atoms. The Labute approximate surface area is 122 Å². The topological polar surface area (TPSA) is 39.1 Å². The number of hydrogen-bond acceptors (Lipinski definition) is 2. The van der Waals surface area contributed by atoms with Gasteiger partial charge in [0.15, 0.2) is 5.78 Å². The van der Waals surface area contributed by atoms with Crippen LogP contribution >= 0.6 is 0 Å². The Morgan fingerprint density at radius 3 is 2.38 bits per heavy atom. The van der Waals surface area contributed by atoms with Gasteiger partial charge < -0.3 is 4.57 Å². The molecule has 0 fully saturated rings. The summed E-state index contributed by atoms with van der Waals surface area (Å²) in [5.41, 5.74) is 0.481. The first kappa shape index (κ1) is 13.3. The van der Waals surface area contributed by atoms with E-state index in [4.69, 9.17) is 0 Å². The molecule has 2 aromatic carbocycles. The molecule has 1 unspecified atom stereocenters. The number of carbonyl (C=O) groups excluding carboxylic acids is 1. The van der Waals surface area contributed by atoms with Crippen molar-refractivity contribution >= 4 is 16.6 Å². The van der Waals surface area contributed by atoms with E-state index >= 15 is 0 Å². The molecule has 104 valence electrons. The zero-order chi connectivity index (χ0) is 14.8. The summed E-state index contributed by atoms with van der Waals surface area (Å²) >= 11 is 0. The van der Waals surface area contributed by atoms with Crippen LogP contribution in [0.15, 0.2) is 71.7 Å². The Balaban J connectivity index is 2.06. The maximum absolute atomic E-state index is 12.5. The lowest BCUT2D eigenvalue weighted by Gasteiger charge is -2.14. The molecule has 1 aromatic heterocycles. The fourth-order valence-electron chi connectivity index (χ4n) is 2.48. The van der Waals surface area contributed by atoms with Gasteiger partial charge in [-0.2, -0.15) is 0 Å². The Kier molecular flexibility index (Phi) is 3.40. The smallest absolute Gasteiger partial charge is 0.259 e. The van der Waals surface area contributed by atoms with Gasteiger partial charge >= 0.3 is 0 Å². The predicted molar refractivity (Wildman–Crippen MR) is 83.7 cm³/mol. The summed E-state index contributed by atoms with van der Waals surface area (Å²) in [5.74, 6) is -0.0621. The molecule has 3 nitrogen and oxygen atoms in total. The zero-order valence-electron chi connectivity index (χ0n) is 11.7. The van der Waals surface area contributed by atoms with Gasteiger partial charge in [0.05, 0.1) is 6.04 Å². The number of fused-ring (bicyclic) bond motifs is 1. The van der Waals surface area contributed by atoms with E-state index < -0.39 is 6.04 Å². The Morgan fingerprint density at radius 2 is 1.62 bits per heavy atom. The van der Waals surface area contributed by atoms with Crippen molar-refractivity contribution in [3.8, 4) is 0 Å². The van der Waals surface area contributed by atoms with Crippen molar-refractivity contribution in [2.45, 2.75) is 13.0 Å². The number of aromatic nitrogens is 1. The molecule has 0 aliphatic carbocycles. The van der Waals surface area contributed by atoms with Crippen molar-refractivity contribution in [1.29, 1.82) is 0 Å². The molecular formula is C18H15NO2. The molecule has 0 saturated carbocycles. The normalized spacial score (nSPS) is 12.2. The molecule has 0 aliphatic rings. The summed E-state index contributed by atoms with van der Waals surface area (Å²) in [6.45, 7) is 1.76. The summed E-state index contributed by atoms with van der Waals surface area (Å²) in [6.07, 6.45) is 1.69. The highest BCUT2D eigenvalue weighted by atomic mass is 16.1. The number of rotatable bonds is 3. The molecule has 0 spiro atoms. The fourth-order valence-corrected chi connectivity index (χ4v) is 2.48. The third-order valence-electron chi connectivity index (χ3n) is 3.70. The van der Waals surface area contributed by atoms with Gasteiger partial charge in [-0.05, 0) is 24.4 Å². The minimum Gasteiger partial charge on any atom is -0.304 e. The van der Waals surface area contributed by atoms with E-state index in [9.17, 15) is 9.59 Å². The first-order chi connectivity index (χ1) is 10.2. The summed E-state index contributed by atoms with van der Waals surface area (Å²) in [4.78, 5) is 25.0. The van der Waals surface area contributed by atoms with Crippen LogP contribution in [0.25, 0.3) is 10.8 Å². The van der Waals surface area contributed by atoms with Crippen molar-refractivity contribution in [2.24, 2.45) is 0 Å². The lowest BCUT2D eigenvalue weighted by atomic mass is 10.0. The average Bonchev–Trinajstić information content (AvgIpc) is 2.55. The molecule has 3 aromatic rings. The van der Waals surface area contributed by atoms with Gasteiger partial charge in [0.1, 0.15) is 0 Å². The van der Waals surface area contributed by atoms with Crippen LogP contribution < -0.4 is 5.56 Å². The standard InChI is InChI=1S/C18H15NO2/c1-13(17(20)15-8-3-2-4-9-15)19-12-11-14-7-5-6-10-16(14)18(19)21/h2-13H,1H3. The van der Waals surface area contributed by atoms with Gasteiger partial charge in [-0.25, -0.2) is 0 Å². The second kappa shape index (κ2) is 5.37. The predicted octanol–water partition coefficient (Wildman–Crippen LogP) is 3.45. The first-order valence-electron chi connectivity index (χ1n) is 6.87. The number of nitrogens with zero attached hydrogens (tertiary/aromatic N) is 1. The van der Waals surface area contributed by atoms with Crippen molar-refractivity contribution in [1.82, 2.24) is 4.57 Å². The third-order valence-corrected chi connectivity index (χ3v) is 3.70. The Hall–Kier alpha value is -2.68. The lowest BCUT2D eigenvalue weighted by molar-refractivity contribution is 0.0933. The number of pyridine rings is 1. The van der Waals surface area contributed by atoms with Crippen LogP contribution in [0.2, 0.25) is 0 Å². The fraction of sp³-hybridized carbons (Fsp3) is 0.111. The van der Waals surface area contributed by atoms with Crippen molar-refractivity contribution in [3.05, 3.63) is 82.8 Å². The van der Waals surface area contributed by atoms with Crippen molar-refractivity contribution < 1.29 is 4.79 Å². The van der Waals surface area contributed by atoms with Crippen LogP contribution in [0.4, 0.5) is 0 Å².